The molecule has 4 aromatic carbocycles. The predicted octanol–water partition coefficient (Wildman–Crippen LogP) is 7.02. The highest BCUT2D eigenvalue weighted by atomic mass is 35.5. The molecule has 7 nitrogen and oxygen atoms in total. The van der Waals surface area contributed by atoms with Crippen molar-refractivity contribution in [3.05, 3.63) is 107 Å². The molecule has 1 aliphatic rings. The molecule has 1 N–H and O–H groups in total. The third kappa shape index (κ3) is 4.73. The first kappa shape index (κ1) is 24.7. The Morgan fingerprint density at radius 3 is 2.38 bits per heavy atom. The molecule has 0 bridgehead atoms. The van der Waals surface area contributed by atoms with Crippen molar-refractivity contribution in [2.45, 2.75) is 13.2 Å². The zero-order valence-corrected chi connectivity index (χ0v) is 21.8. The zero-order chi connectivity index (χ0) is 26.9. The van der Waals surface area contributed by atoms with Crippen LogP contribution in [0.3, 0.4) is 0 Å². The maximum absolute atomic E-state index is 12.8. The number of carbonyl (C=O) groups is 1. The van der Waals surface area contributed by atoms with Gasteiger partial charge in [-0.15, -0.1) is 0 Å². The molecule has 0 aliphatic carbocycles. The van der Waals surface area contributed by atoms with Crippen LogP contribution in [0.4, 0.5) is 0 Å². The first-order valence-corrected chi connectivity index (χ1v) is 12.7. The Morgan fingerprint density at radius 1 is 0.949 bits per heavy atom. The topological polar surface area (TPSA) is 79.2 Å². The summed E-state index contributed by atoms with van der Waals surface area (Å²) in [6.45, 7) is 0.729. The molecule has 2 heterocycles. The van der Waals surface area contributed by atoms with Crippen LogP contribution in [0.5, 0.6) is 23.0 Å². The Bertz CT molecular complexity index is 1680. The lowest BCUT2D eigenvalue weighted by atomic mass is 10.0. The largest absolute Gasteiger partial charge is 0.497 e. The van der Waals surface area contributed by atoms with Gasteiger partial charge >= 0.3 is 5.97 Å². The summed E-state index contributed by atoms with van der Waals surface area (Å²) in [5.41, 5.74) is 3.96. The number of aromatic nitrogens is 1. The summed E-state index contributed by atoms with van der Waals surface area (Å²) in [6.07, 6.45) is 0. The predicted molar refractivity (Wildman–Crippen MR) is 148 cm³/mol. The Hall–Kier alpha value is -4.62. The van der Waals surface area contributed by atoms with Crippen molar-refractivity contribution in [1.82, 2.24) is 4.57 Å². The molecule has 5 aromatic rings. The van der Waals surface area contributed by atoms with E-state index in [2.05, 4.69) is 0 Å². The third-order valence-corrected chi connectivity index (χ3v) is 7.09. The number of methoxy groups -OCH3 is 1. The summed E-state index contributed by atoms with van der Waals surface area (Å²) >= 11 is 6.59. The summed E-state index contributed by atoms with van der Waals surface area (Å²) in [6, 6.07) is 26.3. The van der Waals surface area contributed by atoms with Gasteiger partial charge in [-0.1, -0.05) is 54.1 Å². The smallest absolute Gasteiger partial charge is 0.353 e. The van der Waals surface area contributed by atoms with Crippen molar-refractivity contribution in [2.75, 3.05) is 13.9 Å². The highest BCUT2D eigenvalue weighted by molar-refractivity contribution is 6.31. The average molecular weight is 542 g/mol. The Labute approximate surface area is 229 Å². The number of fused-ring (bicyclic) bond motifs is 2. The van der Waals surface area contributed by atoms with Crippen LogP contribution in [0.2, 0.25) is 5.02 Å². The van der Waals surface area contributed by atoms with Crippen molar-refractivity contribution in [2.24, 2.45) is 0 Å². The van der Waals surface area contributed by atoms with E-state index in [1.54, 1.807) is 23.8 Å². The van der Waals surface area contributed by atoms with Gasteiger partial charge in [-0.05, 0) is 53.1 Å². The minimum absolute atomic E-state index is 0.120. The van der Waals surface area contributed by atoms with Crippen LogP contribution in [-0.2, 0) is 13.2 Å². The number of nitrogens with zero attached hydrogens (tertiary/aromatic N) is 1. The minimum atomic E-state index is -1.05. The standard InChI is InChI=1S/C31H24ClNO6/c1-36-22-9-7-20(8-10-22)29-24-14-23(37-17-19-5-3-2-4-6-19)11-12-26(24)33(30(29)31(34)35)16-21-13-27-28(15-25(21)32)39-18-38-27/h2-15H,16-18H2,1H3,(H,34,35). The maximum atomic E-state index is 12.8. The number of hydrogen-bond acceptors (Lipinski definition) is 5. The van der Waals surface area contributed by atoms with Crippen LogP contribution < -0.4 is 18.9 Å². The van der Waals surface area contributed by atoms with Gasteiger partial charge in [0.2, 0.25) is 6.79 Å². The molecule has 0 saturated carbocycles. The van der Waals surface area contributed by atoms with Crippen LogP contribution in [0.1, 0.15) is 21.6 Å². The average Bonchev–Trinajstić information content (AvgIpc) is 3.54. The minimum Gasteiger partial charge on any atom is -0.497 e. The van der Waals surface area contributed by atoms with E-state index in [1.165, 1.54) is 0 Å². The van der Waals surface area contributed by atoms with Crippen molar-refractivity contribution in [3.63, 3.8) is 0 Å². The van der Waals surface area contributed by atoms with Gasteiger partial charge in [-0.3, -0.25) is 0 Å². The molecule has 0 fully saturated rings. The van der Waals surface area contributed by atoms with Gasteiger partial charge in [-0.25, -0.2) is 4.79 Å². The second-order valence-corrected chi connectivity index (χ2v) is 9.50. The van der Waals surface area contributed by atoms with Crippen LogP contribution in [0, 0.1) is 0 Å². The zero-order valence-electron chi connectivity index (χ0n) is 21.0. The SMILES string of the molecule is COc1ccc(-c2c(C(=O)O)n(Cc3cc4c(cc3Cl)OCO4)c3ccc(OCc4ccccc4)cc23)cc1. The molecule has 1 aromatic heterocycles. The first-order valence-electron chi connectivity index (χ1n) is 12.3. The van der Waals surface area contributed by atoms with Crippen LogP contribution in [-0.4, -0.2) is 29.5 Å². The van der Waals surface area contributed by atoms with E-state index in [0.717, 1.165) is 22.0 Å². The second-order valence-electron chi connectivity index (χ2n) is 9.09. The number of carboxylic acids is 1. The maximum Gasteiger partial charge on any atom is 0.353 e. The van der Waals surface area contributed by atoms with Crippen LogP contribution >= 0.6 is 11.6 Å². The molecule has 0 amide bonds. The number of halogens is 1. The number of aromatic carboxylic acids is 1. The summed E-state index contributed by atoms with van der Waals surface area (Å²) < 4.78 is 24.2. The summed E-state index contributed by atoms with van der Waals surface area (Å²) in [4.78, 5) is 12.8. The molecule has 0 spiro atoms. The third-order valence-electron chi connectivity index (χ3n) is 6.73. The molecule has 0 atom stereocenters. The molecule has 39 heavy (non-hydrogen) atoms. The highest BCUT2D eigenvalue weighted by Gasteiger charge is 2.26. The van der Waals surface area contributed by atoms with Gasteiger partial charge in [0.25, 0.3) is 0 Å². The van der Waals surface area contributed by atoms with Crippen molar-refractivity contribution in [1.29, 1.82) is 0 Å². The second kappa shape index (κ2) is 10.3. The van der Waals surface area contributed by atoms with Gasteiger partial charge < -0.3 is 28.6 Å². The van der Waals surface area contributed by atoms with E-state index in [0.29, 0.717) is 45.8 Å². The fourth-order valence-electron chi connectivity index (χ4n) is 4.85. The van der Waals surface area contributed by atoms with E-state index in [1.807, 2.05) is 72.8 Å². The van der Waals surface area contributed by atoms with E-state index in [-0.39, 0.29) is 19.0 Å². The van der Waals surface area contributed by atoms with Crippen molar-refractivity contribution >= 4 is 28.5 Å². The number of hydrogen-bond donors (Lipinski definition) is 1. The van der Waals surface area contributed by atoms with Gasteiger partial charge in [0.05, 0.1) is 13.7 Å². The van der Waals surface area contributed by atoms with Gasteiger partial charge in [0.1, 0.15) is 23.8 Å². The molecular weight excluding hydrogens is 518 g/mol. The first-order chi connectivity index (χ1) is 19.0. The van der Waals surface area contributed by atoms with Crippen molar-refractivity contribution < 1.29 is 28.8 Å². The number of benzene rings is 4. The van der Waals surface area contributed by atoms with Crippen LogP contribution in [0.25, 0.3) is 22.0 Å². The molecule has 8 heteroatoms. The van der Waals surface area contributed by atoms with Gasteiger partial charge in [0.15, 0.2) is 11.5 Å². The lowest BCUT2D eigenvalue weighted by molar-refractivity contribution is 0.0687. The Balaban J connectivity index is 1.50. The fraction of sp³-hybridized carbons (Fsp3) is 0.129. The number of carboxylic acid groups (broad SMARTS) is 1. The molecular formula is C31H24ClNO6. The quantitative estimate of drug-likeness (QED) is 0.227. The molecule has 0 saturated heterocycles. The fourth-order valence-corrected chi connectivity index (χ4v) is 5.07. The lowest BCUT2D eigenvalue weighted by Gasteiger charge is -2.12. The number of ether oxygens (including phenoxy) is 4. The van der Waals surface area contributed by atoms with E-state index in [9.17, 15) is 9.90 Å². The number of rotatable bonds is 8. The van der Waals surface area contributed by atoms with Gasteiger partial charge in [-0.2, -0.15) is 0 Å². The Kier molecular flexibility index (Phi) is 6.50. The van der Waals surface area contributed by atoms with Crippen LogP contribution in [0.15, 0.2) is 84.9 Å². The molecule has 6 rings (SSSR count). The van der Waals surface area contributed by atoms with Crippen molar-refractivity contribution in [3.8, 4) is 34.1 Å². The molecule has 0 unspecified atom stereocenters. The van der Waals surface area contributed by atoms with E-state index < -0.39 is 5.97 Å². The highest BCUT2D eigenvalue weighted by Crippen LogP contribution is 2.41. The molecule has 1 aliphatic heterocycles. The summed E-state index contributed by atoms with van der Waals surface area (Å²) in [5, 5.41) is 11.7. The van der Waals surface area contributed by atoms with E-state index >= 15 is 0 Å². The lowest BCUT2D eigenvalue weighted by Crippen LogP contribution is -2.11. The molecule has 196 valence electrons. The summed E-state index contributed by atoms with van der Waals surface area (Å²) in [5.74, 6) is 1.41. The molecule has 0 radical (unpaired) electrons. The monoisotopic (exact) mass is 541 g/mol. The summed E-state index contributed by atoms with van der Waals surface area (Å²) in [7, 11) is 1.59. The van der Waals surface area contributed by atoms with E-state index in [4.69, 9.17) is 30.5 Å². The Morgan fingerprint density at radius 2 is 1.67 bits per heavy atom. The normalized spacial score (nSPS) is 12.1. The van der Waals surface area contributed by atoms with Gasteiger partial charge in [0, 0.05) is 27.6 Å².